The van der Waals surface area contributed by atoms with Gasteiger partial charge in [0.1, 0.15) is 0 Å². The first-order valence-corrected chi connectivity index (χ1v) is 7.89. The van der Waals surface area contributed by atoms with Crippen LogP contribution in [0.3, 0.4) is 0 Å². The maximum atomic E-state index is 11.2. The molecule has 1 saturated heterocycles. The van der Waals surface area contributed by atoms with Crippen molar-refractivity contribution in [1.82, 2.24) is 15.1 Å². The maximum absolute atomic E-state index is 11.2. The first kappa shape index (κ1) is 16.4. The Hall–Kier alpha value is -2.42. The van der Waals surface area contributed by atoms with Crippen LogP contribution in [-0.2, 0) is 0 Å². The van der Waals surface area contributed by atoms with Crippen molar-refractivity contribution in [3.05, 3.63) is 33.3 Å². The van der Waals surface area contributed by atoms with Crippen LogP contribution >= 0.6 is 11.6 Å². The molecule has 3 rings (SSSR count). The van der Waals surface area contributed by atoms with Crippen LogP contribution in [0.2, 0.25) is 5.02 Å². The molecule has 0 radical (unpaired) electrons. The highest BCUT2D eigenvalue weighted by molar-refractivity contribution is 6.30. The number of aromatic nitrogens is 3. The average Bonchev–Trinajstić information content (AvgIpc) is 3.05. The molecule has 0 saturated carbocycles. The van der Waals surface area contributed by atoms with Gasteiger partial charge in [-0.3, -0.25) is 10.1 Å². The number of rotatable bonds is 4. The predicted octanol–water partition coefficient (Wildman–Crippen LogP) is 2.48. The second kappa shape index (κ2) is 6.60. The molecule has 0 bridgehead atoms. The van der Waals surface area contributed by atoms with Crippen molar-refractivity contribution >= 4 is 29.1 Å². The van der Waals surface area contributed by atoms with Gasteiger partial charge < -0.3 is 14.3 Å². The van der Waals surface area contributed by atoms with Crippen molar-refractivity contribution in [2.75, 3.05) is 37.0 Å². The van der Waals surface area contributed by atoms with Gasteiger partial charge in [0, 0.05) is 45.4 Å². The zero-order valence-electron chi connectivity index (χ0n) is 13.3. The minimum absolute atomic E-state index is 0.0753. The molecular weight excluding hydrogens is 336 g/mol. The van der Waals surface area contributed by atoms with Gasteiger partial charge in [0.15, 0.2) is 0 Å². The molecule has 9 nitrogen and oxygen atoms in total. The lowest BCUT2D eigenvalue weighted by Gasteiger charge is -2.30. The highest BCUT2D eigenvalue weighted by Gasteiger charge is 2.29. The Balaban J connectivity index is 1.72. The van der Waals surface area contributed by atoms with Crippen LogP contribution in [0.5, 0.6) is 0 Å². The summed E-state index contributed by atoms with van der Waals surface area (Å²) in [7, 11) is 3.70. The second-order valence-corrected chi connectivity index (χ2v) is 6.28. The molecule has 1 fully saturated rings. The monoisotopic (exact) mass is 352 g/mol. The third-order valence-corrected chi connectivity index (χ3v) is 4.19. The van der Waals surface area contributed by atoms with Crippen LogP contribution in [-0.4, -0.2) is 47.2 Å². The molecule has 0 aromatic carbocycles. The normalized spacial score (nSPS) is 15.5. The van der Waals surface area contributed by atoms with Crippen LogP contribution in [0.4, 0.5) is 17.5 Å². The van der Waals surface area contributed by atoms with Crippen molar-refractivity contribution in [2.45, 2.75) is 18.8 Å². The highest BCUT2D eigenvalue weighted by atomic mass is 35.5. The van der Waals surface area contributed by atoms with Crippen molar-refractivity contribution in [1.29, 1.82) is 0 Å². The van der Waals surface area contributed by atoms with Gasteiger partial charge in [-0.1, -0.05) is 11.6 Å². The molecule has 1 aliphatic heterocycles. The summed E-state index contributed by atoms with van der Waals surface area (Å²) in [6, 6.07) is 1.33. The van der Waals surface area contributed by atoms with E-state index >= 15 is 0 Å². The number of halogens is 1. The van der Waals surface area contributed by atoms with Gasteiger partial charge >= 0.3 is 5.69 Å². The molecule has 2 aromatic heterocycles. The van der Waals surface area contributed by atoms with Gasteiger partial charge in [-0.2, -0.15) is 4.98 Å². The van der Waals surface area contributed by atoms with E-state index in [1.54, 1.807) is 4.90 Å². The molecule has 128 valence electrons. The van der Waals surface area contributed by atoms with E-state index in [9.17, 15) is 10.1 Å². The second-order valence-electron chi connectivity index (χ2n) is 5.84. The topological polar surface area (TPSA) is 101 Å². The Morgan fingerprint density at radius 1 is 1.42 bits per heavy atom. The summed E-state index contributed by atoms with van der Waals surface area (Å²) < 4.78 is 5.32. The molecule has 24 heavy (non-hydrogen) atoms. The lowest BCUT2D eigenvalue weighted by atomic mass is 9.96. The van der Waals surface area contributed by atoms with Crippen molar-refractivity contribution in [3.8, 4) is 0 Å². The fourth-order valence-corrected chi connectivity index (χ4v) is 2.86. The lowest BCUT2D eigenvalue weighted by Crippen LogP contribution is -2.34. The summed E-state index contributed by atoms with van der Waals surface area (Å²) in [5.41, 5.74) is -0.0753. The van der Waals surface area contributed by atoms with E-state index in [4.69, 9.17) is 16.1 Å². The molecule has 0 N–H and O–H groups in total. The van der Waals surface area contributed by atoms with Gasteiger partial charge in [0.2, 0.25) is 11.7 Å². The van der Waals surface area contributed by atoms with Crippen LogP contribution < -0.4 is 9.80 Å². The SMILES string of the molecule is CN(C)c1noc(C2CCN(c3ncc(Cl)cc3[N+](=O)[O-])CC2)n1. The Bertz CT molecular complexity index is 742. The Labute approximate surface area is 143 Å². The summed E-state index contributed by atoms with van der Waals surface area (Å²) in [5.74, 6) is 1.65. The number of piperidine rings is 1. The predicted molar refractivity (Wildman–Crippen MR) is 88.7 cm³/mol. The molecule has 0 spiro atoms. The summed E-state index contributed by atoms with van der Waals surface area (Å²) in [5, 5.41) is 15.4. The molecule has 0 atom stereocenters. The molecule has 0 unspecified atom stereocenters. The zero-order valence-corrected chi connectivity index (χ0v) is 14.1. The van der Waals surface area contributed by atoms with Crippen LogP contribution in [0.15, 0.2) is 16.8 Å². The summed E-state index contributed by atoms with van der Waals surface area (Å²) >= 11 is 5.81. The van der Waals surface area contributed by atoms with Gasteiger partial charge in [-0.25, -0.2) is 4.98 Å². The van der Waals surface area contributed by atoms with E-state index in [2.05, 4.69) is 15.1 Å². The summed E-state index contributed by atoms with van der Waals surface area (Å²) in [4.78, 5) is 23.0. The van der Waals surface area contributed by atoms with Gasteiger partial charge in [-0.05, 0) is 18.0 Å². The first-order chi connectivity index (χ1) is 11.5. The van der Waals surface area contributed by atoms with Crippen LogP contribution in [0.25, 0.3) is 0 Å². The van der Waals surface area contributed by atoms with Crippen LogP contribution in [0.1, 0.15) is 24.7 Å². The van der Waals surface area contributed by atoms with Crippen molar-refractivity contribution in [2.24, 2.45) is 0 Å². The number of hydrogen-bond donors (Lipinski definition) is 0. The van der Waals surface area contributed by atoms with Gasteiger partial charge in [0.05, 0.1) is 9.95 Å². The van der Waals surface area contributed by atoms with E-state index in [0.717, 1.165) is 12.8 Å². The number of hydrogen-bond acceptors (Lipinski definition) is 8. The van der Waals surface area contributed by atoms with E-state index in [1.807, 2.05) is 19.0 Å². The summed E-state index contributed by atoms with van der Waals surface area (Å²) in [6.45, 7) is 1.25. The molecular formula is C14H17ClN6O3. The molecule has 10 heteroatoms. The number of pyridine rings is 1. The third kappa shape index (κ3) is 3.25. The quantitative estimate of drug-likeness (QED) is 0.611. The number of nitrogens with zero attached hydrogens (tertiary/aromatic N) is 6. The molecule has 1 aliphatic rings. The number of nitro groups is 1. The standard InChI is InChI=1S/C14H17ClN6O3/c1-19(2)14-17-13(24-18-14)9-3-5-20(6-4-9)12-11(21(22)23)7-10(15)8-16-12/h7-9H,3-6H2,1-2H3. The van der Waals surface area contributed by atoms with Gasteiger partial charge in [0.25, 0.3) is 5.95 Å². The molecule has 3 heterocycles. The zero-order chi connectivity index (χ0) is 17.3. The Morgan fingerprint density at radius 2 is 2.12 bits per heavy atom. The maximum Gasteiger partial charge on any atom is 0.313 e. The Morgan fingerprint density at radius 3 is 2.71 bits per heavy atom. The molecule has 2 aromatic rings. The van der Waals surface area contributed by atoms with E-state index in [0.29, 0.717) is 30.7 Å². The van der Waals surface area contributed by atoms with E-state index < -0.39 is 4.92 Å². The molecule has 0 amide bonds. The minimum atomic E-state index is -0.457. The first-order valence-electron chi connectivity index (χ1n) is 7.51. The summed E-state index contributed by atoms with van der Waals surface area (Å²) in [6.07, 6.45) is 2.95. The van der Waals surface area contributed by atoms with Crippen molar-refractivity contribution < 1.29 is 9.45 Å². The highest BCUT2D eigenvalue weighted by Crippen LogP contribution is 2.34. The Kier molecular flexibility index (Phi) is 4.52. The van der Waals surface area contributed by atoms with Crippen molar-refractivity contribution in [3.63, 3.8) is 0 Å². The third-order valence-electron chi connectivity index (χ3n) is 3.99. The largest absolute Gasteiger partial charge is 0.351 e. The smallest absolute Gasteiger partial charge is 0.313 e. The van der Waals surface area contributed by atoms with Gasteiger partial charge in [-0.15, -0.1) is 0 Å². The minimum Gasteiger partial charge on any atom is -0.351 e. The number of anilines is 2. The fraction of sp³-hybridized carbons (Fsp3) is 0.500. The average molecular weight is 353 g/mol. The fourth-order valence-electron chi connectivity index (χ4n) is 2.71. The lowest BCUT2D eigenvalue weighted by molar-refractivity contribution is -0.384. The molecule has 0 aliphatic carbocycles. The van der Waals surface area contributed by atoms with E-state index in [1.165, 1.54) is 12.3 Å². The van der Waals surface area contributed by atoms with Crippen LogP contribution in [0, 0.1) is 10.1 Å². The van der Waals surface area contributed by atoms with E-state index in [-0.39, 0.29) is 16.6 Å².